The van der Waals surface area contributed by atoms with Gasteiger partial charge in [-0.2, -0.15) is 0 Å². The first-order valence-corrected chi connectivity index (χ1v) is 2.63. The first-order chi connectivity index (χ1) is 4.63. The average Bonchev–Trinajstić information content (AvgIpc) is 1.56. The zero-order valence-electron chi connectivity index (χ0n) is 5.30. The van der Waals surface area contributed by atoms with Crippen molar-refractivity contribution >= 4 is 12.4 Å². The molecule has 1 aliphatic rings. The predicted octanol–water partition coefficient (Wildman–Crippen LogP) is -0.740. The summed E-state index contributed by atoms with van der Waals surface area (Å²) in [7, 11) is 0. The summed E-state index contributed by atoms with van der Waals surface area (Å²) in [6.45, 7) is 0.0959. The summed E-state index contributed by atoms with van der Waals surface area (Å²) in [5, 5.41) is 22.2. The fourth-order valence-electron chi connectivity index (χ4n) is 0.734. The summed E-state index contributed by atoms with van der Waals surface area (Å²) >= 11 is 0. The van der Waals surface area contributed by atoms with Crippen LogP contribution in [0.25, 0.3) is 0 Å². The van der Waals surface area contributed by atoms with Gasteiger partial charge in [-0.3, -0.25) is 20.2 Å². The van der Waals surface area contributed by atoms with Gasteiger partial charge in [0.25, 0.3) is 0 Å². The average molecular weight is 184 g/mol. The molecule has 8 heteroatoms. The molecule has 1 saturated heterocycles. The molecular formula is C3H6ClN3O4. The summed E-state index contributed by atoms with van der Waals surface area (Å²) in [5.74, 6) is 0. The molecule has 0 spiro atoms. The third-order valence-electron chi connectivity index (χ3n) is 1.40. The van der Waals surface area contributed by atoms with Gasteiger partial charge in [0.05, 0.1) is 6.54 Å². The van der Waals surface area contributed by atoms with E-state index in [9.17, 15) is 20.2 Å². The standard InChI is InChI=1S/C3H5N3O4.ClH/c7-5(8)2-1-4-3(2)6(9)10;/h2-4H,1H2;1H. The van der Waals surface area contributed by atoms with Crippen LogP contribution in [0.5, 0.6) is 0 Å². The molecular weight excluding hydrogens is 178 g/mol. The molecule has 2 atom stereocenters. The van der Waals surface area contributed by atoms with E-state index in [2.05, 4.69) is 5.32 Å². The third-order valence-corrected chi connectivity index (χ3v) is 1.40. The Morgan fingerprint density at radius 2 is 1.82 bits per heavy atom. The lowest BCUT2D eigenvalue weighted by atomic mass is 10.1. The summed E-state index contributed by atoms with van der Waals surface area (Å²) in [6, 6.07) is -1.05. The van der Waals surface area contributed by atoms with Crippen molar-refractivity contribution in [3.63, 3.8) is 0 Å². The smallest absolute Gasteiger partial charge is 0.264 e. The van der Waals surface area contributed by atoms with E-state index in [1.165, 1.54) is 0 Å². The van der Waals surface area contributed by atoms with E-state index < -0.39 is 22.1 Å². The SMILES string of the molecule is Cl.O=[N+]([O-])C1CNC1[N+](=O)[O-]. The van der Waals surface area contributed by atoms with Crippen molar-refractivity contribution < 1.29 is 9.85 Å². The Morgan fingerprint density at radius 3 is 1.91 bits per heavy atom. The molecule has 64 valence electrons. The van der Waals surface area contributed by atoms with Crippen molar-refractivity contribution in [2.45, 2.75) is 12.2 Å². The molecule has 11 heavy (non-hydrogen) atoms. The van der Waals surface area contributed by atoms with Crippen LogP contribution in [-0.4, -0.2) is 28.6 Å². The molecule has 0 aliphatic carbocycles. The van der Waals surface area contributed by atoms with Gasteiger partial charge in [0.2, 0.25) is 0 Å². The second-order valence-corrected chi connectivity index (χ2v) is 1.99. The second kappa shape index (κ2) is 3.44. The number of nitrogens with zero attached hydrogens (tertiary/aromatic N) is 2. The molecule has 2 unspecified atom stereocenters. The van der Waals surface area contributed by atoms with E-state index in [1.54, 1.807) is 0 Å². The Morgan fingerprint density at radius 1 is 1.27 bits per heavy atom. The molecule has 1 N–H and O–H groups in total. The summed E-state index contributed by atoms with van der Waals surface area (Å²) in [5.41, 5.74) is 0. The molecule has 0 aromatic carbocycles. The maximum atomic E-state index is 9.96. The fourth-order valence-corrected chi connectivity index (χ4v) is 0.734. The Kier molecular flexibility index (Phi) is 3.15. The van der Waals surface area contributed by atoms with Gasteiger partial charge in [-0.25, -0.2) is 5.32 Å². The summed E-state index contributed by atoms with van der Waals surface area (Å²) < 4.78 is 0. The van der Waals surface area contributed by atoms with E-state index in [0.717, 1.165) is 0 Å². The Hall–Kier alpha value is -0.950. The van der Waals surface area contributed by atoms with E-state index in [4.69, 9.17) is 0 Å². The lowest BCUT2D eigenvalue weighted by Crippen LogP contribution is -2.64. The molecule has 1 fully saturated rings. The molecule has 0 aromatic rings. The number of rotatable bonds is 2. The van der Waals surface area contributed by atoms with Gasteiger partial charge in [-0.05, 0) is 0 Å². The van der Waals surface area contributed by atoms with Gasteiger partial charge in [0.15, 0.2) is 0 Å². The summed E-state index contributed by atoms with van der Waals surface area (Å²) in [6.07, 6.45) is -1.19. The van der Waals surface area contributed by atoms with Crippen molar-refractivity contribution in [2.24, 2.45) is 0 Å². The molecule has 0 saturated carbocycles. The molecule has 0 bridgehead atoms. The van der Waals surface area contributed by atoms with Crippen LogP contribution in [0.4, 0.5) is 0 Å². The number of hydrogen-bond donors (Lipinski definition) is 1. The maximum Gasteiger partial charge on any atom is 0.334 e. The van der Waals surface area contributed by atoms with Crippen LogP contribution >= 0.6 is 12.4 Å². The lowest BCUT2D eigenvalue weighted by molar-refractivity contribution is -0.641. The monoisotopic (exact) mass is 183 g/mol. The molecule has 0 aromatic heterocycles. The first-order valence-electron chi connectivity index (χ1n) is 2.63. The van der Waals surface area contributed by atoms with Gasteiger partial charge >= 0.3 is 12.2 Å². The number of nitrogens with one attached hydrogen (secondary N) is 1. The van der Waals surface area contributed by atoms with Crippen molar-refractivity contribution in [3.8, 4) is 0 Å². The lowest BCUT2D eigenvalue weighted by Gasteiger charge is -2.22. The normalized spacial score (nSPS) is 28.0. The van der Waals surface area contributed by atoms with Crippen LogP contribution in [0.1, 0.15) is 0 Å². The quantitative estimate of drug-likeness (QED) is 0.449. The largest absolute Gasteiger partial charge is 0.334 e. The maximum absolute atomic E-state index is 9.96. The molecule has 0 radical (unpaired) electrons. The van der Waals surface area contributed by atoms with Gasteiger partial charge in [0, 0.05) is 9.85 Å². The van der Waals surface area contributed by atoms with Crippen LogP contribution in [0, 0.1) is 20.2 Å². The zero-order chi connectivity index (χ0) is 7.72. The zero-order valence-corrected chi connectivity index (χ0v) is 6.11. The van der Waals surface area contributed by atoms with Crippen molar-refractivity contribution in [1.29, 1.82) is 0 Å². The van der Waals surface area contributed by atoms with Crippen LogP contribution < -0.4 is 5.32 Å². The highest BCUT2D eigenvalue weighted by molar-refractivity contribution is 5.85. The minimum atomic E-state index is -1.19. The van der Waals surface area contributed by atoms with Crippen molar-refractivity contribution in [1.82, 2.24) is 5.32 Å². The van der Waals surface area contributed by atoms with Crippen LogP contribution in [-0.2, 0) is 0 Å². The van der Waals surface area contributed by atoms with Gasteiger partial charge in [0.1, 0.15) is 0 Å². The molecule has 7 nitrogen and oxygen atoms in total. The van der Waals surface area contributed by atoms with Gasteiger partial charge in [-0.1, -0.05) is 0 Å². The molecule has 1 aliphatic heterocycles. The topological polar surface area (TPSA) is 98.3 Å². The van der Waals surface area contributed by atoms with E-state index in [0.29, 0.717) is 0 Å². The first kappa shape index (κ1) is 10.0. The van der Waals surface area contributed by atoms with Crippen LogP contribution in [0.15, 0.2) is 0 Å². The number of halogens is 1. The second-order valence-electron chi connectivity index (χ2n) is 1.99. The molecule has 1 rings (SSSR count). The Bertz CT molecular complexity index is 165. The Labute approximate surface area is 67.5 Å². The van der Waals surface area contributed by atoms with E-state index in [-0.39, 0.29) is 19.0 Å². The van der Waals surface area contributed by atoms with Crippen LogP contribution in [0.2, 0.25) is 0 Å². The minimum absolute atomic E-state index is 0. The van der Waals surface area contributed by atoms with E-state index in [1.807, 2.05) is 0 Å². The Balaban J connectivity index is 0.000001000. The highest BCUT2D eigenvalue weighted by atomic mass is 35.5. The third kappa shape index (κ3) is 1.75. The highest BCUT2D eigenvalue weighted by Crippen LogP contribution is 2.07. The number of hydrogen-bond acceptors (Lipinski definition) is 5. The van der Waals surface area contributed by atoms with Crippen molar-refractivity contribution in [3.05, 3.63) is 20.2 Å². The van der Waals surface area contributed by atoms with Crippen LogP contribution in [0.3, 0.4) is 0 Å². The minimum Gasteiger partial charge on any atom is -0.264 e. The summed E-state index contributed by atoms with van der Waals surface area (Å²) in [4.78, 5) is 18.6. The fraction of sp³-hybridized carbons (Fsp3) is 1.00. The predicted molar refractivity (Wildman–Crippen MR) is 36.8 cm³/mol. The van der Waals surface area contributed by atoms with E-state index >= 15 is 0 Å². The number of nitro groups is 2. The molecule has 1 heterocycles. The van der Waals surface area contributed by atoms with Crippen molar-refractivity contribution in [2.75, 3.05) is 6.54 Å². The highest BCUT2D eigenvalue weighted by Gasteiger charge is 2.49. The van der Waals surface area contributed by atoms with Gasteiger partial charge < -0.3 is 0 Å². The van der Waals surface area contributed by atoms with Gasteiger partial charge in [-0.15, -0.1) is 12.4 Å². The molecule has 0 amide bonds.